The highest BCUT2D eigenvalue weighted by Crippen LogP contribution is 2.24. The predicted molar refractivity (Wildman–Crippen MR) is 75.8 cm³/mol. The molecule has 2 atom stereocenters. The van der Waals surface area contributed by atoms with Crippen LogP contribution in [0.15, 0.2) is 0 Å². The largest absolute Gasteiger partial charge is 0.481 e. The highest BCUT2D eigenvalue weighted by atomic mass is 16.5. The van der Waals surface area contributed by atoms with Gasteiger partial charge in [0.05, 0.1) is 12.5 Å². The fraction of sp³-hybridized carbons (Fsp3) is 0.786. The van der Waals surface area contributed by atoms with Crippen LogP contribution in [0.3, 0.4) is 0 Å². The van der Waals surface area contributed by atoms with E-state index in [4.69, 9.17) is 9.84 Å². The lowest BCUT2D eigenvalue weighted by Crippen LogP contribution is -2.45. The first-order chi connectivity index (χ1) is 9.90. The summed E-state index contributed by atoms with van der Waals surface area (Å²) in [4.78, 5) is 38.0. The van der Waals surface area contributed by atoms with Gasteiger partial charge >= 0.3 is 18.0 Å². The predicted octanol–water partition coefficient (Wildman–Crippen LogP) is 1.03. The summed E-state index contributed by atoms with van der Waals surface area (Å²) in [6, 6.07) is -0.291. The lowest BCUT2D eigenvalue weighted by atomic mass is 9.99. The molecule has 0 aromatic heterocycles. The summed E-state index contributed by atoms with van der Waals surface area (Å²) in [6.45, 7) is 6.67. The fourth-order valence-electron chi connectivity index (χ4n) is 2.52. The number of carboxylic acid groups (broad SMARTS) is 1. The summed E-state index contributed by atoms with van der Waals surface area (Å²) in [5, 5.41) is 9.11. The average molecular weight is 300 g/mol. The number of amides is 2. The molecule has 1 fully saturated rings. The van der Waals surface area contributed by atoms with Crippen molar-refractivity contribution in [2.45, 2.75) is 27.2 Å². The zero-order valence-corrected chi connectivity index (χ0v) is 12.9. The molecule has 7 nitrogen and oxygen atoms in total. The zero-order valence-electron chi connectivity index (χ0n) is 12.9. The third kappa shape index (κ3) is 4.61. The number of likely N-dealkylation sites (tertiary alicyclic amines) is 1. The normalized spacial score (nSPS) is 21.2. The van der Waals surface area contributed by atoms with Crippen LogP contribution in [0.25, 0.3) is 0 Å². The molecule has 1 N–H and O–H groups in total. The van der Waals surface area contributed by atoms with Crippen molar-refractivity contribution in [1.29, 1.82) is 0 Å². The Labute approximate surface area is 124 Å². The molecule has 21 heavy (non-hydrogen) atoms. The van der Waals surface area contributed by atoms with Crippen molar-refractivity contribution in [2.24, 2.45) is 11.8 Å². The summed E-state index contributed by atoms with van der Waals surface area (Å²) in [5.41, 5.74) is 0. The minimum absolute atomic E-state index is 0.0856. The van der Waals surface area contributed by atoms with Gasteiger partial charge in [-0.2, -0.15) is 0 Å². The van der Waals surface area contributed by atoms with Crippen LogP contribution in [0, 0.1) is 11.8 Å². The van der Waals surface area contributed by atoms with Gasteiger partial charge in [-0.15, -0.1) is 0 Å². The van der Waals surface area contributed by atoms with Gasteiger partial charge in [-0.25, -0.2) is 4.79 Å². The number of ether oxygens (including phenoxy) is 1. The van der Waals surface area contributed by atoms with Crippen LogP contribution in [0.1, 0.15) is 27.2 Å². The van der Waals surface area contributed by atoms with Crippen LogP contribution in [0.5, 0.6) is 0 Å². The maximum absolute atomic E-state index is 12.4. The number of aliphatic carboxylic acids is 1. The van der Waals surface area contributed by atoms with Gasteiger partial charge in [-0.05, 0) is 19.3 Å². The zero-order chi connectivity index (χ0) is 16.0. The monoisotopic (exact) mass is 300 g/mol. The van der Waals surface area contributed by atoms with Gasteiger partial charge in [0.25, 0.3) is 0 Å². The van der Waals surface area contributed by atoms with Crippen molar-refractivity contribution >= 4 is 18.0 Å². The topological polar surface area (TPSA) is 87.2 Å². The first-order valence-electron chi connectivity index (χ1n) is 7.32. The molecule has 7 heteroatoms. The van der Waals surface area contributed by atoms with Crippen LogP contribution < -0.4 is 0 Å². The van der Waals surface area contributed by atoms with E-state index in [0.717, 1.165) is 6.42 Å². The van der Waals surface area contributed by atoms with Crippen molar-refractivity contribution in [2.75, 3.05) is 32.8 Å². The van der Waals surface area contributed by atoms with Crippen molar-refractivity contribution < 1.29 is 24.2 Å². The van der Waals surface area contributed by atoms with Gasteiger partial charge in [0, 0.05) is 19.6 Å². The van der Waals surface area contributed by atoms with E-state index in [0.29, 0.717) is 13.1 Å². The molecule has 0 aromatic rings. The molecule has 0 saturated carbocycles. The average Bonchev–Trinajstić information content (AvgIpc) is 2.80. The molecule has 120 valence electrons. The molecule has 1 rings (SSSR count). The molecular formula is C14H24N2O5. The molecule has 1 saturated heterocycles. The van der Waals surface area contributed by atoms with E-state index in [1.165, 1.54) is 9.80 Å². The molecular weight excluding hydrogens is 276 g/mol. The Hall–Kier alpha value is -1.79. The number of hydrogen-bond acceptors (Lipinski definition) is 4. The van der Waals surface area contributed by atoms with E-state index in [1.807, 2.05) is 13.8 Å². The number of carbonyl (C=O) groups excluding carboxylic acids is 2. The van der Waals surface area contributed by atoms with Crippen LogP contribution in [0.2, 0.25) is 0 Å². The lowest BCUT2D eigenvalue weighted by Gasteiger charge is -2.27. The van der Waals surface area contributed by atoms with Gasteiger partial charge in [0.15, 0.2) is 0 Å². The molecule has 0 aromatic carbocycles. The van der Waals surface area contributed by atoms with Gasteiger partial charge < -0.3 is 19.6 Å². The maximum Gasteiger partial charge on any atom is 0.325 e. The first-order valence-corrected chi connectivity index (χ1v) is 7.32. The Morgan fingerprint density at radius 3 is 2.43 bits per heavy atom. The summed E-state index contributed by atoms with van der Waals surface area (Å²) in [5.74, 6) is -1.95. The van der Waals surface area contributed by atoms with E-state index < -0.39 is 17.9 Å². The quantitative estimate of drug-likeness (QED) is 0.740. The molecule has 0 aliphatic carbocycles. The molecule has 0 spiro atoms. The third-order valence-electron chi connectivity index (χ3n) is 3.59. The van der Waals surface area contributed by atoms with E-state index in [2.05, 4.69) is 0 Å². The molecule has 1 aliphatic rings. The Kier molecular flexibility index (Phi) is 6.45. The van der Waals surface area contributed by atoms with Crippen LogP contribution >= 0.6 is 0 Å². The third-order valence-corrected chi connectivity index (χ3v) is 3.59. The molecule has 0 radical (unpaired) electrons. The number of urea groups is 1. The molecule has 0 unspecified atom stereocenters. The highest BCUT2D eigenvalue weighted by molar-refractivity contribution is 5.82. The van der Waals surface area contributed by atoms with Crippen molar-refractivity contribution in [3.05, 3.63) is 0 Å². The number of carbonyl (C=O) groups is 3. The van der Waals surface area contributed by atoms with E-state index >= 15 is 0 Å². The second-order valence-corrected chi connectivity index (χ2v) is 5.34. The molecule has 0 bridgehead atoms. The minimum atomic E-state index is -0.884. The smallest absolute Gasteiger partial charge is 0.325 e. The number of esters is 1. The van der Waals surface area contributed by atoms with Crippen molar-refractivity contribution in [3.63, 3.8) is 0 Å². The standard InChI is InChI=1S/C14H24N2O5/c1-4-6-15(9-12(17)21-5-2)14(20)16-7-10(3)11(8-16)13(18)19/h10-11H,4-9H2,1-3H3,(H,18,19)/t10-,11-/m1/s1. The number of rotatable bonds is 6. The lowest BCUT2D eigenvalue weighted by molar-refractivity contribution is -0.144. The van der Waals surface area contributed by atoms with Crippen molar-refractivity contribution in [3.8, 4) is 0 Å². The number of carboxylic acids is 1. The maximum atomic E-state index is 12.4. The first kappa shape index (κ1) is 17.3. The van der Waals surface area contributed by atoms with Gasteiger partial charge in [0.1, 0.15) is 6.54 Å². The summed E-state index contributed by atoms with van der Waals surface area (Å²) in [6.07, 6.45) is 0.719. The van der Waals surface area contributed by atoms with E-state index in [9.17, 15) is 14.4 Å². The minimum Gasteiger partial charge on any atom is -0.481 e. The second-order valence-electron chi connectivity index (χ2n) is 5.34. The highest BCUT2D eigenvalue weighted by Gasteiger charge is 2.38. The van der Waals surface area contributed by atoms with Gasteiger partial charge in [-0.1, -0.05) is 13.8 Å². The summed E-state index contributed by atoms with van der Waals surface area (Å²) in [7, 11) is 0. The molecule has 2 amide bonds. The van der Waals surface area contributed by atoms with Crippen LogP contribution in [0.4, 0.5) is 4.79 Å². The number of nitrogens with zero attached hydrogens (tertiary/aromatic N) is 2. The fourth-order valence-corrected chi connectivity index (χ4v) is 2.52. The Bertz CT molecular complexity index is 399. The molecule has 1 heterocycles. The Balaban J connectivity index is 2.68. The van der Waals surface area contributed by atoms with E-state index in [1.54, 1.807) is 6.92 Å². The van der Waals surface area contributed by atoms with E-state index in [-0.39, 0.29) is 31.6 Å². The SMILES string of the molecule is CCCN(CC(=O)OCC)C(=O)N1C[C@@H](C)[C@H](C(=O)O)C1. The van der Waals surface area contributed by atoms with Gasteiger partial charge in [0.2, 0.25) is 0 Å². The summed E-state index contributed by atoms with van der Waals surface area (Å²) >= 11 is 0. The van der Waals surface area contributed by atoms with Crippen LogP contribution in [-0.4, -0.2) is 65.7 Å². The molecule has 1 aliphatic heterocycles. The van der Waals surface area contributed by atoms with Crippen LogP contribution in [-0.2, 0) is 14.3 Å². The Morgan fingerprint density at radius 2 is 1.95 bits per heavy atom. The number of hydrogen-bond donors (Lipinski definition) is 1. The summed E-state index contributed by atoms with van der Waals surface area (Å²) < 4.78 is 4.87. The van der Waals surface area contributed by atoms with Crippen molar-refractivity contribution in [1.82, 2.24) is 9.80 Å². The Morgan fingerprint density at radius 1 is 1.29 bits per heavy atom. The second kappa shape index (κ2) is 7.85. The van der Waals surface area contributed by atoms with Gasteiger partial charge in [-0.3, -0.25) is 9.59 Å².